The fourth-order valence-electron chi connectivity index (χ4n) is 0.739. The van der Waals surface area contributed by atoms with Gasteiger partial charge in [0.15, 0.2) is 0 Å². The first-order chi connectivity index (χ1) is 12.1. The van der Waals surface area contributed by atoms with E-state index in [-0.39, 0.29) is 34.7 Å². The fraction of sp³-hybridized carbons (Fsp3) is 0.200. The smallest absolute Gasteiger partial charge is 0.550 e. The van der Waals surface area contributed by atoms with Crippen LogP contribution < -0.4 is 30.6 Å². The van der Waals surface area contributed by atoms with Crippen molar-refractivity contribution in [2.75, 3.05) is 0 Å². The van der Waals surface area contributed by atoms with Crippen LogP contribution in [0.25, 0.3) is 0 Å². The maximum atomic E-state index is 9.73. The minimum absolute atomic E-state index is 0. The van der Waals surface area contributed by atoms with E-state index in [1.54, 1.807) is 0 Å². The number of hydrogen-bond donors (Lipinski definition) is 0. The molecule has 14 heteroatoms. The van der Waals surface area contributed by atoms with Crippen LogP contribution in [0.3, 0.4) is 0 Å². The molecule has 0 saturated heterocycles. The number of aliphatic carboxylic acids is 6. The Morgan fingerprint density at radius 1 is 0.448 bits per heavy atom. The van der Waals surface area contributed by atoms with E-state index in [9.17, 15) is 59.4 Å². The van der Waals surface area contributed by atoms with Gasteiger partial charge in [-0.05, 0) is 16.7 Å². The first kappa shape index (κ1) is 36.9. The quantitative estimate of drug-likeness (QED) is 0.241. The van der Waals surface area contributed by atoms with Gasteiger partial charge in [-0.15, -0.1) is 0 Å². The van der Waals surface area contributed by atoms with Crippen LogP contribution in [0.15, 0.2) is 36.5 Å². The number of carbonyl (C=O) groups is 6. The normalized spacial score (nSPS) is 7.86. The molecular weight excluding hydrogens is 426 g/mol. The van der Waals surface area contributed by atoms with Gasteiger partial charge >= 0.3 is 34.7 Å². The van der Waals surface area contributed by atoms with E-state index in [1.165, 1.54) is 0 Å². The van der Waals surface area contributed by atoms with Gasteiger partial charge in [0.2, 0.25) is 0 Å². The van der Waals surface area contributed by atoms with Gasteiger partial charge < -0.3 is 59.4 Å². The van der Waals surface area contributed by atoms with E-state index in [4.69, 9.17) is 0 Å². The van der Waals surface area contributed by atoms with E-state index >= 15 is 0 Å². The molecule has 0 fully saturated rings. The molecule has 0 spiro atoms. The molecule has 0 aliphatic heterocycles. The van der Waals surface area contributed by atoms with Crippen LogP contribution in [0.4, 0.5) is 0 Å². The molecule has 12 nitrogen and oxygen atoms in total. The minimum Gasteiger partial charge on any atom is -0.550 e. The van der Waals surface area contributed by atoms with Gasteiger partial charge in [-0.1, -0.05) is 19.7 Å². The Morgan fingerprint density at radius 2 is 0.586 bits per heavy atom. The van der Waals surface area contributed by atoms with Crippen molar-refractivity contribution in [3.63, 3.8) is 0 Å². The summed E-state index contributed by atoms with van der Waals surface area (Å²) in [4.78, 5) is 58.2. The van der Waals surface area contributed by atoms with Crippen molar-refractivity contribution in [2.24, 2.45) is 0 Å². The summed E-state index contributed by atoms with van der Waals surface area (Å²) >= 11 is 0. The van der Waals surface area contributed by atoms with Crippen molar-refractivity contribution < 1.29 is 59.4 Å². The van der Waals surface area contributed by atoms with Gasteiger partial charge in [-0.25, -0.2) is 0 Å². The first-order valence-corrected chi connectivity index (χ1v) is 6.38. The topological polar surface area (TPSA) is 241 Å². The standard InChI is InChI=1S/3C5H6O4.2Al/c3*1-3(5(8)9)2-4(6)7;;/h3*1-2H2,(H,6,7)(H,8,9);;/q;;;2*+3/p-6. The predicted molar refractivity (Wildman–Crippen MR) is 82.8 cm³/mol. The molecule has 0 aromatic carbocycles. The molecule has 0 aliphatic rings. The van der Waals surface area contributed by atoms with Crippen molar-refractivity contribution in [1.29, 1.82) is 0 Å². The SMILES string of the molecule is C=C(CC(=O)[O-])C(=O)[O-].C=C(CC(=O)[O-])C(=O)[O-].C=C(CC(=O)[O-])C(=O)[O-].[Al+3].[Al+3]. The summed E-state index contributed by atoms with van der Waals surface area (Å²) in [5.74, 6) is -9.07. The maximum Gasteiger partial charge on any atom is 3.00 e. The van der Waals surface area contributed by atoms with Crippen LogP contribution in [0.5, 0.6) is 0 Å². The molecule has 0 amide bonds. The van der Waals surface area contributed by atoms with Gasteiger partial charge in [0, 0.05) is 37.2 Å². The second kappa shape index (κ2) is 19.9. The molecule has 150 valence electrons. The van der Waals surface area contributed by atoms with Crippen LogP contribution in [0.2, 0.25) is 0 Å². The summed E-state index contributed by atoms with van der Waals surface area (Å²) in [6, 6.07) is 0. The third kappa shape index (κ3) is 30.1. The van der Waals surface area contributed by atoms with E-state index in [1.807, 2.05) is 0 Å². The van der Waals surface area contributed by atoms with Gasteiger partial charge in [-0.2, -0.15) is 0 Å². The molecule has 0 atom stereocenters. The Hall–Kier alpha value is -2.90. The van der Waals surface area contributed by atoms with E-state index in [0.29, 0.717) is 0 Å². The zero-order valence-corrected chi connectivity index (χ0v) is 17.1. The van der Waals surface area contributed by atoms with Crippen molar-refractivity contribution >= 4 is 70.5 Å². The van der Waals surface area contributed by atoms with Gasteiger partial charge in [-0.3, -0.25) is 0 Å². The van der Waals surface area contributed by atoms with Crippen LogP contribution in [0, 0.1) is 0 Å². The minimum atomic E-state index is -1.56. The third-order valence-corrected chi connectivity index (χ3v) is 1.94. The molecular formula is C15H12Al2O12. The molecule has 0 rings (SSSR count). The molecule has 0 heterocycles. The largest absolute Gasteiger partial charge is 3.00 e. The van der Waals surface area contributed by atoms with E-state index < -0.39 is 71.8 Å². The molecule has 0 unspecified atom stereocenters. The number of rotatable bonds is 9. The zero-order chi connectivity index (χ0) is 22.3. The number of carboxylic acids is 6. The Kier molecular flexibility index (Phi) is 25.3. The van der Waals surface area contributed by atoms with Crippen LogP contribution in [-0.4, -0.2) is 70.5 Å². The second-order valence-electron chi connectivity index (χ2n) is 4.32. The number of hydrogen-bond acceptors (Lipinski definition) is 12. The Labute approximate surface area is 185 Å². The average Bonchev–Trinajstić information content (AvgIpc) is 2.46. The van der Waals surface area contributed by atoms with Crippen LogP contribution in [-0.2, 0) is 28.8 Å². The van der Waals surface area contributed by atoms with Gasteiger partial charge in [0.25, 0.3) is 0 Å². The Balaban J connectivity index is -0.0000000960. The summed E-state index contributed by atoms with van der Waals surface area (Å²) in [6.07, 6.45) is -2.03. The summed E-state index contributed by atoms with van der Waals surface area (Å²) in [7, 11) is 0. The molecule has 0 saturated carbocycles. The Bertz CT molecular complexity index is 576. The maximum absolute atomic E-state index is 9.73. The first-order valence-electron chi connectivity index (χ1n) is 6.38. The average molecular weight is 438 g/mol. The molecule has 0 aliphatic carbocycles. The fourth-order valence-corrected chi connectivity index (χ4v) is 0.739. The van der Waals surface area contributed by atoms with E-state index in [2.05, 4.69) is 19.7 Å². The zero-order valence-electron chi connectivity index (χ0n) is 14.8. The predicted octanol–water partition coefficient (Wildman–Crippen LogP) is -8.46. The second-order valence-corrected chi connectivity index (χ2v) is 4.32. The van der Waals surface area contributed by atoms with Crippen molar-refractivity contribution in [1.82, 2.24) is 0 Å². The monoisotopic (exact) mass is 438 g/mol. The van der Waals surface area contributed by atoms with E-state index in [0.717, 1.165) is 0 Å². The molecule has 0 N–H and O–H groups in total. The summed E-state index contributed by atoms with van der Waals surface area (Å²) in [6.45, 7) is 8.73. The molecule has 0 aromatic rings. The number of carbonyl (C=O) groups excluding carboxylic acids is 6. The van der Waals surface area contributed by atoms with Gasteiger partial charge in [0.1, 0.15) is 0 Å². The number of carboxylic acid groups (broad SMARTS) is 6. The van der Waals surface area contributed by atoms with Crippen molar-refractivity contribution in [3.05, 3.63) is 36.5 Å². The Morgan fingerprint density at radius 3 is 0.621 bits per heavy atom. The summed E-state index contributed by atoms with van der Waals surface area (Å²) in [5.41, 5.74) is -1.43. The summed E-state index contributed by atoms with van der Waals surface area (Å²) in [5, 5.41) is 58.2. The molecule has 0 aromatic heterocycles. The van der Waals surface area contributed by atoms with Crippen molar-refractivity contribution in [2.45, 2.75) is 19.3 Å². The molecule has 29 heavy (non-hydrogen) atoms. The van der Waals surface area contributed by atoms with Crippen LogP contribution >= 0.6 is 0 Å². The van der Waals surface area contributed by atoms with Crippen LogP contribution in [0.1, 0.15) is 19.3 Å². The van der Waals surface area contributed by atoms with Gasteiger partial charge in [0.05, 0.1) is 17.9 Å². The third-order valence-electron chi connectivity index (χ3n) is 1.94. The van der Waals surface area contributed by atoms with Crippen molar-refractivity contribution in [3.8, 4) is 0 Å². The summed E-state index contributed by atoms with van der Waals surface area (Å²) < 4.78 is 0. The molecule has 0 radical (unpaired) electrons. The molecule has 0 bridgehead atoms.